The van der Waals surface area contributed by atoms with Crippen LogP contribution in [0.2, 0.25) is 0 Å². The number of alkyl halides is 1. The number of carbonyl (C=O) groups excluding carboxylic acids is 1. The molecule has 6 heterocycles. The number of aliphatic hydroxyl groups excluding tert-OH is 1. The summed E-state index contributed by atoms with van der Waals surface area (Å²) in [5.74, 6) is -0.185. The third-order valence-corrected chi connectivity index (χ3v) is 6.44. The quantitative estimate of drug-likeness (QED) is 0.415. The fraction of sp³-hybridized carbons (Fsp3) is 0.250. The minimum atomic E-state index is -1.21. The predicted octanol–water partition coefficient (Wildman–Crippen LogP) is 2.83. The highest BCUT2D eigenvalue weighted by molar-refractivity contribution is 6.05. The van der Waals surface area contributed by atoms with Gasteiger partial charge in [0.15, 0.2) is 11.5 Å². The number of pyridine rings is 3. The van der Waals surface area contributed by atoms with Crippen LogP contribution in [0.5, 0.6) is 0 Å². The van der Waals surface area contributed by atoms with Crippen molar-refractivity contribution in [1.29, 1.82) is 0 Å². The largest absolute Gasteiger partial charge is 0.388 e. The second kappa shape index (κ2) is 8.27. The monoisotopic (exact) mass is 477 g/mol. The summed E-state index contributed by atoms with van der Waals surface area (Å²) in [6.45, 7) is 0.995. The number of piperidine rings is 1. The molecule has 2 atom stereocenters. The zero-order chi connectivity index (χ0) is 24.1. The number of fused-ring (bicyclic) bond motifs is 2. The number of hydrogen-bond donors (Lipinski definition) is 3. The van der Waals surface area contributed by atoms with Gasteiger partial charge < -0.3 is 20.6 Å². The Morgan fingerprint density at radius 2 is 2.03 bits per heavy atom. The number of aliphatic hydroxyl groups is 1. The molecule has 1 amide bonds. The first-order chi connectivity index (χ1) is 17.0. The molecule has 1 fully saturated rings. The Kier molecular flexibility index (Phi) is 5.06. The first-order valence-corrected chi connectivity index (χ1v) is 11.2. The van der Waals surface area contributed by atoms with Gasteiger partial charge in [0.2, 0.25) is 0 Å². The molecule has 178 valence electrons. The molecule has 0 aliphatic carbocycles. The van der Waals surface area contributed by atoms with Crippen molar-refractivity contribution in [3.05, 3.63) is 66.0 Å². The minimum Gasteiger partial charge on any atom is -0.388 e. The van der Waals surface area contributed by atoms with E-state index in [1.54, 1.807) is 41.3 Å². The van der Waals surface area contributed by atoms with Gasteiger partial charge in [-0.2, -0.15) is 0 Å². The van der Waals surface area contributed by atoms with E-state index in [1.807, 2.05) is 11.0 Å². The van der Waals surface area contributed by atoms with Gasteiger partial charge in [0.25, 0.3) is 5.91 Å². The molecule has 0 saturated carbocycles. The van der Waals surface area contributed by atoms with Crippen LogP contribution in [-0.4, -0.2) is 55.7 Å². The molecule has 0 aromatic carbocycles. The molecule has 1 saturated heterocycles. The minimum absolute atomic E-state index is 0.185. The number of imidazole rings is 1. The molecule has 2 aliphatic heterocycles. The first kappa shape index (κ1) is 21.4. The van der Waals surface area contributed by atoms with Crippen LogP contribution >= 0.6 is 0 Å². The Balaban J connectivity index is 1.30. The Morgan fingerprint density at radius 1 is 1.14 bits per heavy atom. The lowest BCUT2D eigenvalue weighted by molar-refractivity contribution is 0.0645. The second-order valence-electron chi connectivity index (χ2n) is 8.59. The second-order valence-corrected chi connectivity index (χ2v) is 8.59. The maximum atomic E-state index is 14.1. The SMILES string of the molecule is O=C1NCc2c(-c3cnc4c(F)cccn34)ncc(Nc3ccc(N4CC[C@@H](F)[C@@H](O)C4)cn3)c21. The van der Waals surface area contributed by atoms with Gasteiger partial charge in [0.1, 0.15) is 18.1 Å². The number of nitrogens with zero attached hydrogens (tertiary/aromatic N) is 5. The van der Waals surface area contributed by atoms with Crippen molar-refractivity contribution in [2.75, 3.05) is 23.3 Å². The van der Waals surface area contributed by atoms with Crippen LogP contribution < -0.4 is 15.5 Å². The lowest BCUT2D eigenvalue weighted by Gasteiger charge is -2.33. The number of aromatic nitrogens is 4. The van der Waals surface area contributed by atoms with Crippen molar-refractivity contribution < 1.29 is 18.7 Å². The van der Waals surface area contributed by atoms with Gasteiger partial charge in [0.05, 0.1) is 46.9 Å². The predicted molar refractivity (Wildman–Crippen MR) is 125 cm³/mol. The highest BCUT2D eigenvalue weighted by Crippen LogP contribution is 2.34. The molecule has 6 rings (SSSR count). The van der Waals surface area contributed by atoms with E-state index in [0.29, 0.717) is 40.6 Å². The summed E-state index contributed by atoms with van der Waals surface area (Å²) in [6, 6.07) is 6.51. The summed E-state index contributed by atoms with van der Waals surface area (Å²) in [6.07, 6.45) is 4.48. The molecular formula is C24H21F2N7O2. The van der Waals surface area contributed by atoms with Crippen LogP contribution in [0.25, 0.3) is 17.0 Å². The Morgan fingerprint density at radius 3 is 2.83 bits per heavy atom. The molecule has 0 unspecified atom stereocenters. The van der Waals surface area contributed by atoms with Crippen LogP contribution in [0.1, 0.15) is 22.3 Å². The maximum Gasteiger partial charge on any atom is 0.254 e. The van der Waals surface area contributed by atoms with Crippen molar-refractivity contribution in [2.45, 2.75) is 25.2 Å². The number of anilines is 3. The summed E-state index contributed by atoms with van der Waals surface area (Å²) < 4.78 is 29.3. The average Bonchev–Trinajstić information content (AvgIpc) is 3.47. The van der Waals surface area contributed by atoms with Gasteiger partial charge in [-0.15, -0.1) is 0 Å². The molecule has 35 heavy (non-hydrogen) atoms. The van der Waals surface area contributed by atoms with Gasteiger partial charge in [0, 0.05) is 31.4 Å². The maximum absolute atomic E-state index is 14.1. The molecule has 3 N–H and O–H groups in total. The van der Waals surface area contributed by atoms with E-state index in [4.69, 9.17) is 0 Å². The average molecular weight is 477 g/mol. The molecule has 0 radical (unpaired) electrons. The zero-order valence-electron chi connectivity index (χ0n) is 18.4. The van der Waals surface area contributed by atoms with Gasteiger partial charge in [-0.05, 0) is 30.7 Å². The van der Waals surface area contributed by atoms with Crippen LogP contribution in [-0.2, 0) is 6.54 Å². The van der Waals surface area contributed by atoms with E-state index in [9.17, 15) is 18.7 Å². The highest BCUT2D eigenvalue weighted by Gasteiger charge is 2.29. The number of β-amino-alcohol motifs (C(OH)–C–C–N with tert-alkyl or cyclic N) is 1. The first-order valence-electron chi connectivity index (χ1n) is 11.2. The molecule has 2 aliphatic rings. The normalized spacial score (nSPS) is 19.6. The third kappa shape index (κ3) is 3.64. The number of halogens is 2. The van der Waals surface area contributed by atoms with Crippen molar-refractivity contribution in [3.63, 3.8) is 0 Å². The van der Waals surface area contributed by atoms with Crippen LogP contribution in [0.15, 0.2) is 49.1 Å². The van der Waals surface area contributed by atoms with Gasteiger partial charge in [-0.3, -0.25) is 14.2 Å². The van der Waals surface area contributed by atoms with Crippen molar-refractivity contribution >= 4 is 28.7 Å². The molecule has 11 heteroatoms. The fourth-order valence-corrected chi connectivity index (χ4v) is 4.63. The molecule has 0 bridgehead atoms. The number of hydrogen-bond acceptors (Lipinski definition) is 7. The Labute approximate surface area is 198 Å². The Bertz CT molecular complexity index is 1440. The Hall–Kier alpha value is -4.12. The van der Waals surface area contributed by atoms with Crippen LogP contribution in [0.4, 0.5) is 26.0 Å². The van der Waals surface area contributed by atoms with E-state index in [-0.39, 0.29) is 31.1 Å². The lowest BCUT2D eigenvalue weighted by atomic mass is 10.1. The van der Waals surface area contributed by atoms with Crippen molar-refractivity contribution in [1.82, 2.24) is 24.7 Å². The summed E-state index contributed by atoms with van der Waals surface area (Å²) in [5, 5.41) is 15.8. The highest BCUT2D eigenvalue weighted by atomic mass is 19.1. The third-order valence-electron chi connectivity index (χ3n) is 6.44. The van der Waals surface area contributed by atoms with Crippen LogP contribution in [0.3, 0.4) is 0 Å². The van der Waals surface area contributed by atoms with Gasteiger partial charge >= 0.3 is 0 Å². The topological polar surface area (TPSA) is 108 Å². The number of carbonyl (C=O) groups is 1. The molecule has 4 aromatic rings. The lowest BCUT2D eigenvalue weighted by Crippen LogP contribution is -2.45. The number of rotatable bonds is 4. The van der Waals surface area contributed by atoms with Crippen molar-refractivity contribution in [3.8, 4) is 11.4 Å². The smallest absolute Gasteiger partial charge is 0.254 e. The number of nitrogens with one attached hydrogen (secondary N) is 2. The van der Waals surface area contributed by atoms with Gasteiger partial charge in [-0.25, -0.2) is 18.7 Å². The standard InChI is InChI=1S/C24H21F2N7O2/c25-15-5-7-32(12-19(15)34)13-3-4-20(27-8-13)31-17-10-28-22(14-9-30-24(35)21(14)17)18-11-29-23-16(26)2-1-6-33(18)23/h1-4,6,8,10-11,15,19,34H,5,7,9,12H2,(H,27,31)(H,30,35)/t15-,19+/m1/s1. The van der Waals surface area contributed by atoms with E-state index < -0.39 is 18.1 Å². The van der Waals surface area contributed by atoms with E-state index in [1.165, 1.54) is 6.07 Å². The van der Waals surface area contributed by atoms with E-state index in [2.05, 4.69) is 25.6 Å². The summed E-state index contributed by atoms with van der Waals surface area (Å²) in [4.78, 5) is 27.7. The summed E-state index contributed by atoms with van der Waals surface area (Å²) in [7, 11) is 0. The summed E-state index contributed by atoms with van der Waals surface area (Å²) in [5.41, 5.74) is 3.71. The zero-order valence-corrected chi connectivity index (χ0v) is 18.4. The molecule has 9 nitrogen and oxygen atoms in total. The van der Waals surface area contributed by atoms with Crippen LogP contribution in [0, 0.1) is 5.82 Å². The van der Waals surface area contributed by atoms with E-state index in [0.717, 1.165) is 5.69 Å². The molecule has 4 aromatic heterocycles. The summed E-state index contributed by atoms with van der Waals surface area (Å²) >= 11 is 0. The van der Waals surface area contributed by atoms with Gasteiger partial charge in [-0.1, -0.05) is 0 Å². The number of amides is 1. The van der Waals surface area contributed by atoms with E-state index >= 15 is 0 Å². The molecule has 0 spiro atoms. The molecular weight excluding hydrogens is 456 g/mol. The fourth-order valence-electron chi connectivity index (χ4n) is 4.63. The van der Waals surface area contributed by atoms with Crippen molar-refractivity contribution in [2.24, 2.45) is 0 Å².